The molecule has 0 unspecified atom stereocenters. The third-order valence-corrected chi connectivity index (χ3v) is 12.2. The average molecular weight is 628 g/mol. The van der Waals surface area contributed by atoms with Gasteiger partial charge in [-0.05, 0) is 78.7 Å². The molecule has 44 heavy (non-hydrogen) atoms. The zero-order valence-corrected chi connectivity index (χ0v) is 30.1. The van der Waals surface area contributed by atoms with E-state index in [-0.39, 0.29) is 16.9 Å². The van der Waals surface area contributed by atoms with E-state index in [1.807, 2.05) is 7.05 Å². The van der Waals surface area contributed by atoms with Crippen molar-refractivity contribution in [1.82, 2.24) is 4.31 Å². The summed E-state index contributed by atoms with van der Waals surface area (Å²) in [5, 5.41) is 3.85. The van der Waals surface area contributed by atoms with Crippen molar-refractivity contribution >= 4 is 34.8 Å². The van der Waals surface area contributed by atoms with Gasteiger partial charge in [-0.1, -0.05) is 126 Å². The molecule has 0 N–H and O–H groups in total. The van der Waals surface area contributed by atoms with Gasteiger partial charge in [0.2, 0.25) is 0 Å². The number of nitrogens with zero attached hydrogens (tertiary/aromatic N) is 1. The van der Waals surface area contributed by atoms with Crippen LogP contribution in [0.5, 0.6) is 5.75 Å². The summed E-state index contributed by atoms with van der Waals surface area (Å²) in [5.74, 6) is 0.941. The maximum absolute atomic E-state index is 14.3. The van der Waals surface area contributed by atoms with Crippen LogP contribution in [-0.4, -0.2) is 27.4 Å². The van der Waals surface area contributed by atoms with E-state index in [1.165, 1.54) is 21.5 Å². The third-order valence-electron chi connectivity index (χ3n) is 7.90. The van der Waals surface area contributed by atoms with Gasteiger partial charge in [-0.2, -0.15) is 0 Å². The van der Waals surface area contributed by atoms with Crippen LogP contribution in [0.1, 0.15) is 90.6 Å². The lowest BCUT2D eigenvalue weighted by molar-refractivity contribution is 0.379. The first-order valence-electron chi connectivity index (χ1n) is 15.4. The molecular formula is C39H50NO2PS. The summed E-state index contributed by atoms with van der Waals surface area (Å²) in [5.41, 5.74) is 4.31. The lowest BCUT2D eigenvalue weighted by Gasteiger charge is -2.37. The highest BCUT2D eigenvalue weighted by atomic mass is 32.2. The summed E-state index contributed by atoms with van der Waals surface area (Å²) < 4.78 is 22.1. The number of hydrogen-bond donors (Lipinski definition) is 0. The van der Waals surface area contributed by atoms with Gasteiger partial charge in [-0.3, -0.25) is 0 Å². The van der Waals surface area contributed by atoms with Crippen LogP contribution in [0.4, 0.5) is 0 Å². The fourth-order valence-electron chi connectivity index (χ4n) is 5.76. The minimum absolute atomic E-state index is 0.159. The molecule has 0 amide bonds. The highest BCUT2D eigenvalue weighted by molar-refractivity contribution is 7.84. The van der Waals surface area contributed by atoms with E-state index < -0.39 is 23.7 Å². The normalized spacial score (nSPS) is 14.1. The first kappa shape index (κ1) is 34.1. The molecule has 0 aliphatic carbocycles. The van der Waals surface area contributed by atoms with E-state index >= 15 is 0 Å². The third kappa shape index (κ3) is 7.36. The Labute approximate surface area is 270 Å². The van der Waals surface area contributed by atoms with Crippen LogP contribution in [0, 0.1) is 0 Å². The molecule has 5 heteroatoms. The van der Waals surface area contributed by atoms with Crippen molar-refractivity contribution in [3.05, 3.63) is 119 Å². The monoisotopic (exact) mass is 627 g/mol. The standard InChI is InChI=1S/C39H50NO2PS/c1-37(2,3)32-26-28(27-33(36(32)42-11)38(4,5)6)35(40(10)44(41)39(7,8)9)31-24-18-19-25-34(31)43(29-20-14-12-15-21-29)30-22-16-13-17-23-30/h12-27,35H,1-11H3/t35-,44-/m1/s1. The van der Waals surface area contributed by atoms with Crippen LogP contribution in [0.2, 0.25) is 0 Å². The molecule has 0 spiro atoms. The number of benzene rings is 4. The van der Waals surface area contributed by atoms with Crippen LogP contribution >= 0.6 is 7.92 Å². The van der Waals surface area contributed by atoms with Crippen molar-refractivity contribution in [3.8, 4) is 5.75 Å². The van der Waals surface area contributed by atoms with E-state index in [1.54, 1.807) is 7.11 Å². The summed E-state index contributed by atoms with van der Waals surface area (Å²) >= 11 is 0. The van der Waals surface area contributed by atoms with Gasteiger partial charge in [0.15, 0.2) is 0 Å². The van der Waals surface area contributed by atoms with Gasteiger partial charge in [0.1, 0.15) is 16.7 Å². The molecular weight excluding hydrogens is 577 g/mol. The second-order valence-electron chi connectivity index (χ2n) is 14.5. The highest BCUT2D eigenvalue weighted by Crippen LogP contribution is 2.45. The van der Waals surface area contributed by atoms with Crippen molar-refractivity contribution in [2.45, 2.75) is 83.9 Å². The Balaban J connectivity index is 2.11. The quantitative estimate of drug-likeness (QED) is 0.183. The molecule has 4 rings (SSSR count). The molecule has 0 aromatic heterocycles. The molecule has 4 aromatic rings. The van der Waals surface area contributed by atoms with Crippen molar-refractivity contribution in [2.75, 3.05) is 14.2 Å². The Morgan fingerprint density at radius 1 is 0.682 bits per heavy atom. The topological polar surface area (TPSA) is 29.5 Å². The zero-order chi connectivity index (χ0) is 32.4. The highest BCUT2D eigenvalue weighted by Gasteiger charge is 2.36. The molecule has 0 saturated heterocycles. The van der Waals surface area contributed by atoms with E-state index in [0.29, 0.717) is 0 Å². The van der Waals surface area contributed by atoms with Crippen molar-refractivity contribution in [3.63, 3.8) is 0 Å². The maximum Gasteiger partial charge on any atom is 0.126 e. The number of hydrogen-bond acceptors (Lipinski definition) is 2. The lowest BCUT2D eigenvalue weighted by Crippen LogP contribution is -2.40. The fraction of sp³-hybridized carbons (Fsp3) is 0.385. The summed E-state index contributed by atoms with van der Waals surface area (Å²) in [7, 11) is 1.64. The predicted octanol–water partition coefficient (Wildman–Crippen LogP) is 8.53. The number of methoxy groups -OCH3 is 1. The molecule has 0 fully saturated rings. The molecule has 0 saturated carbocycles. The fourth-order valence-corrected chi connectivity index (χ4v) is 9.54. The Morgan fingerprint density at radius 3 is 1.52 bits per heavy atom. The van der Waals surface area contributed by atoms with Gasteiger partial charge >= 0.3 is 0 Å². The second-order valence-corrected chi connectivity index (χ2v) is 19.0. The molecule has 0 aliphatic heterocycles. The minimum atomic E-state index is -1.28. The Bertz CT molecular complexity index is 1510. The number of ether oxygens (including phenoxy) is 1. The van der Waals surface area contributed by atoms with Gasteiger partial charge in [0, 0.05) is 18.2 Å². The Kier molecular flexibility index (Phi) is 10.3. The molecule has 4 aromatic carbocycles. The molecule has 0 bridgehead atoms. The Morgan fingerprint density at radius 2 is 1.11 bits per heavy atom. The van der Waals surface area contributed by atoms with Crippen molar-refractivity contribution in [2.24, 2.45) is 0 Å². The summed E-state index contributed by atoms with van der Waals surface area (Å²) in [6, 6.07) is 34.8. The van der Waals surface area contributed by atoms with Gasteiger partial charge in [-0.25, -0.2) is 8.51 Å². The molecule has 234 valence electrons. The average Bonchev–Trinajstić information content (AvgIpc) is 2.97. The minimum Gasteiger partial charge on any atom is -0.496 e. The SMILES string of the molecule is COc1c(C(C)(C)C)cc([C@H](c2ccccc2P(c2ccccc2)c2ccccc2)N(C)[S@](=O)C(C)(C)C)cc1C(C)(C)C. The van der Waals surface area contributed by atoms with E-state index in [0.717, 1.165) is 22.4 Å². The number of rotatable bonds is 8. The van der Waals surface area contributed by atoms with Crippen molar-refractivity contribution < 1.29 is 8.95 Å². The van der Waals surface area contributed by atoms with Crippen LogP contribution in [0.25, 0.3) is 0 Å². The lowest BCUT2D eigenvalue weighted by atomic mass is 9.77. The predicted molar refractivity (Wildman–Crippen MR) is 193 cm³/mol. The molecule has 2 atom stereocenters. The van der Waals surface area contributed by atoms with Gasteiger partial charge < -0.3 is 4.74 Å². The zero-order valence-electron chi connectivity index (χ0n) is 28.4. The largest absolute Gasteiger partial charge is 0.496 e. The van der Waals surface area contributed by atoms with Crippen LogP contribution < -0.4 is 20.7 Å². The first-order chi connectivity index (χ1) is 20.6. The van der Waals surface area contributed by atoms with E-state index in [2.05, 4.69) is 164 Å². The van der Waals surface area contributed by atoms with Gasteiger partial charge in [0.25, 0.3) is 0 Å². The van der Waals surface area contributed by atoms with Crippen LogP contribution in [0.15, 0.2) is 97.1 Å². The van der Waals surface area contributed by atoms with Gasteiger partial charge in [-0.15, -0.1) is 0 Å². The first-order valence-corrected chi connectivity index (χ1v) is 17.9. The maximum atomic E-state index is 14.3. The van der Waals surface area contributed by atoms with Crippen LogP contribution in [-0.2, 0) is 21.8 Å². The molecule has 0 aliphatic rings. The smallest absolute Gasteiger partial charge is 0.126 e. The van der Waals surface area contributed by atoms with Crippen molar-refractivity contribution in [1.29, 1.82) is 0 Å². The summed E-state index contributed by atoms with van der Waals surface area (Å²) in [4.78, 5) is 0. The van der Waals surface area contributed by atoms with Crippen LogP contribution in [0.3, 0.4) is 0 Å². The molecule has 3 nitrogen and oxygen atoms in total. The molecule has 0 radical (unpaired) electrons. The van der Waals surface area contributed by atoms with E-state index in [4.69, 9.17) is 4.74 Å². The summed E-state index contributed by atoms with van der Waals surface area (Å²) in [6.45, 7) is 19.6. The van der Waals surface area contributed by atoms with E-state index in [9.17, 15) is 4.21 Å². The van der Waals surface area contributed by atoms with Gasteiger partial charge in [0.05, 0.1) is 17.9 Å². The second kappa shape index (κ2) is 13.3. The molecule has 0 heterocycles. The summed E-state index contributed by atoms with van der Waals surface area (Å²) in [6.07, 6.45) is 0. The Hall–Kier alpha value is -2.78.